The Bertz CT molecular complexity index is 1400. The van der Waals surface area contributed by atoms with E-state index in [0.29, 0.717) is 38.8 Å². The Hall–Kier alpha value is -3.62. The second-order valence-corrected chi connectivity index (χ2v) is 12.1. The molecule has 0 unspecified atom stereocenters. The molecule has 2 N–H and O–H groups in total. The van der Waals surface area contributed by atoms with Gasteiger partial charge in [-0.15, -0.1) is 0 Å². The number of benzene rings is 3. The summed E-state index contributed by atoms with van der Waals surface area (Å²) in [5, 5.41) is 15.0. The lowest BCUT2D eigenvalue weighted by atomic mass is 9.89. The van der Waals surface area contributed by atoms with Crippen LogP contribution in [0.15, 0.2) is 72.8 Å². The molecule has 3 aromatic carbocycles. The number of hydrogen-bond donors (Lipinski definition) is 2. The van der Waals surface area contributed by atoms with E-state index in [2.05, 4.69) is 12.2 Å². The molecule has 1 amide bonds. The molecule has 2 heterocycles. The Balaban J connectivity index is 1.39. The number of likely N-dealkylation sites (tertiary alicyclic amines) is 1. The maximum atomic E-state index is 14.2. The van der Waals surface area contributed by atoms with Gasteiger partial charge in [-0.05, 0) is 66.5 Å². The number of aryl methyl sites for hydroxylation is 1. The second-order valence-electron chi connectivity index (χ2n) is 12.1. The highest BCUT2D eigenvalue weighted by Gasteiger charge is 2.41. The van der Waals surface area contributed by atoms with Gasteiger partial charge in [-0.2, -0.15) is 0 Å². The van der Waals surface area contributed by atoms with E-state index >= 15 is 0 Å². The average molecular weight is 605 g/mol. The lowest BCUT2D eigenvalue weighted by molar-refractivity contribution is -0.165. The van der Waals surface area contributed by atoms with Crippen LogP contribution in [0.2, 0.25) is 0 Å². The van der Waals surface area contributed by atoms with Crippen molar-refractivity contribution in [2.24, 2.45) is 5.92 Å². The quantitative estimate of drug-likeness (QED) is 0.251. The summed E-state index contributed by atoms with van der Waals surface area (Å²) in [5.41, 5.74) is 3.52. The number of aliphatic hydroxyl groups excluding tert-OH is 1. The molecule has 5 atom stereocenters. The van der Waals surface area contributed by atoms with Crippen LogP contribution in [0.1, 0.15) is 61.3 Å². The van der Waals surface area contributed by atoms with Gasteiger partial charge in [0.2, 0.25) is 5.91 Å². The number of esters is 1. The van der Waals surface area contributed by atoms with E-state index in [1.54, 1.807) is 4.90 Å². The summed E-state index contributed by atoms with van der Waals surface area (Å²) in [7, 11) is 0. The summed E-state index contributed by atoms with van der Waals surface area (Å²) in [4.78, 5) is 29.2. The molecule has 1 fully saturated rings. The Labute approximate surface area is 258 Å². The highest BCUT2D eigenvalue weighted by molar-refractivity contribution is 5.87. The van der Waals surface area contributed by atoms with Crippen LogP contribution < -0.4 is 5.32 Å². The lowest BCUT2D eigenvalue weighted by Gasteiger charge is -2.35. The van der Waals surface area contributed by atoms with Gasteiger partial charge in [0.15, 0.2) is 0 Å². The molecule has 0 bridgehead atoms. The third-order valence-electron chi connectivity index (χ3n) is 8.99. The highest BCUT2D eigenvalue weighted by atomic mass is 19.1. The summed E-state index contributed by atoms with van der Waals surface area (Å²) in [6, 6.07) is 19.6. The number of fused-ring (bicyclic) bond motifs is 1. The third-order valence-corrected chi connectivity index (χ3v) is 8.99. The molecule has 0 saturated carbocycles. The van der Waals surface area contributed by atoms with Gasteiger partial charge in [0.05, 0.1) is 0 Å². The normalized spacial score (nSPS) is 20.2. The molecule has 6 nitrogen and oxygen atoms in total. The summed E-state index contributed by atoms with van der Waals surface area (Å²) in [6.45, 7) is 3.09. The number of unbranched alkanes of at least 4 members (excludes halogenated alkanes) is 1. The zero-order valence-electron chi connectivity index (χ0n) is 25.3. The number of rotatable bonds is 13. The largest absolute Gasteiger partial charge is 0.458 e. The van der Waals surface area contributed by atoms with E-state index < -0.39 is 41.9 Å². The molecule has 0 spiro atoms. The Kier molecular flexibility index (Phi) is 10.8. The molecule has 0 aromatic heterocycles. The van der Waals surface area contributed by atoms with Crippen LogP contribution in [0.3, 0.4) is 0 Å². The first-order valence-corrected chi connectivity index (χ1v) is 15.8. The van der Waals surface area contributed by atoms with Gasteiger partial charge in [-0.1, -0.05) is 74.4 Å². The Morgan fingerprint density at radius 3 is 2.45 bits per heavy atom. The molecule has 2 aliphatic rings. The zero-order valence-corrected chi connectivity index (χ0v) is 25.3. The molecule has 234 valence electrons. The van der Waals surface area contributed by atoms with E-state index in [4.69, 9.17) is 4.74 Å². The van der Waals surface area contributed by atoms with Crippen molar-refractivity contribution in [2.75, 3.05) is 6.54 Å². The van der Waals surface area contributed by atoms with Crippen molar-refractivity contribution in [3.05, 3.63) is 107 Å². The Morgan fingerprint density at radius 2 is 1.73 bits per heavy atom. The van der Waals surface area contributed by atoms with E-state index in [9.17, 15) is 23.5 Å². The number of aliphatic hydroxyl groups is 1. The minimum atomic E-state index is -1.17. The predicted octanol–water partition coefficient (Wildman–Crippen LogP) is 5.53. The van der Waals surface area contributed by atoms with Crippen LogP contribution >= 0.6 is 0 Å². The van der Waals surface area contributed by atoms with Gasteiger partial charge in [0.1, 0.15) is 29.9 Å². The molecule has 44 heavy (non-hydrogen) atoms. The summed E-state index contributed by atoms with van der Waals surface area (Å²) in [6.07, 6.45) is 2.49. The maximum absolute atomic E-state index is 14.2. The zero-order chi connectivity index (χ0) is 31.1. The molecule has 3 aromatic rings. The van der Waals surface area contributed by atoms with Crippen LogP contribution in [-0.2, 0) is 40.1 Å². The molecular formula is C36H42F2N2O4. The van der Waals surface area contributed by atoms with Crippen molar-refractivity contribution in [1.82, 2.24) is 10.2 Å². The molecule has 2 aliphatic heterocycles. The van der Waals surface area contributed by atoms with Crippen LogP contribution in [0.4, 0.5) is 8.78 Å². The van der Waals surface area contributed by atoms with Gasteiger partial charge < -0.3 is 20.1 Å². The topological polar surface area (TPSA) is 78.9 Å². The van der Waals surface area contributed by atoms with Crippen LogP contribution in [0.5, 0.6) is 0 Å². The fourth-order valence-corrected chi connectivity index (χ4v) is 6.54. The van der Waals surface area contributed by atoms with Crippen molar-refractivity contribution in [2.45, 2.75) is 89.1 Å². The minimum Gasteiger partial charge on any atom is -0.458 e. The highest BCUT2D eigenvalue weighted by Crippen LogP contribution is 2.29. The number of hydrogen-bond acceptors (Lipinski definition) is 5. The monoisotopic (exact) mass is 604 g/mol. The van der Waals surface area contributed by atoms with Gasteiger partial charge in [0, 0.05) is 37.5 Å². The Morgan fingerprint density at radius 1 is 1.02 bits per heavy atom. The van der Waals surface area contributed by atoms with Gasteiger partial charge >= 0.3 is 5.97 Å². The number of carbonyl (C=O) groups excluding carboxylic acids is 2. The van der Waals surface area contributed by atoms with Crippen molar-refractivity contribution < 1.29 is 28.2 Å². The lowest BCUT2D eigenvalue weighted by Crippen LogP contribution is -2.53. The summed E-state index contributed by atoms with van der Waals surface area (Å²) in [5.74, 6) is -2.26. The SMILES string of the molecule is CCCC[C@H]1CCN([C@@H](CCc2ccccc2)C(=O)O[C@@H](Cc2cc(F)cc(F)c2)[C@H](O)[C@H]2Cc3ccccc3CN2)C1=O. The molecule has 0 radical (unpaired) electrons. The van der Waals surface area contributed by atoms with Crippen LogP contribution in [-0.4, -0.2) is 52.7 Å². The number of carbonyl (C=O) groups is 2. The molecule has 5 rings (SSSR count). The van der Waals surface area contributed by atoms with Crippen LogP contribution in [0, 0.1) is 17.6 Å². The molecule has 1 saturated heterocycles. The number of halogens is 2. The fourth-order valence-electron chi connectivity index (χ4n) is 6.54. The fraction of sp³-hybridized carbons (Fsp3) is 0.444. The molecule has 0 aliphatic carbocycles. The van der Waals surface area contributed by atoms with E-state index in [1.165, 1.54) is 12.1 Å². The standard InChI is InChI=1S/C36H42F2N2O4/c1-2-3-11-26-16-17-40(35(26)42)32(15-14-24-9-5-4-6-10-24)36(43)44-33(20-25-18-29(37)22-30(38)19-25)34(41)31-21-27-12-7-8-13-28(27)23-39-31/h4-10,12-13,18-19,22,26,31-34,39,41H,2-3,11,14-17,20-21,23H2,1H3/t26-,31+,32-,33-,34+/m0/s1. The van der Waals surface area contributed by atoms with Crippen molar-refractivity contribution >= 4 is 11.9 Å². The summed E-state index contributed by atoms with van der Waals surface area (Å²) >= 11 is 0. The number of nitrogens with one attached hydrogen (secondary N) is 1. The van der Waals surface area contributed by atoms with E-state index in [0.717, 1.165) is 42.0 Å². The summed E-state index contributed by atoms with van der Waals surface area (Å²) < 4.78 is 34.4. The average Bonchev–Trinajstić information content (AvgIpc) is 3.38. The van der Waals surface area contributed by atoms with Crippen molar-refractivity contribution in [3.8, 4) is 0 Å². The minimum absolute atomic E-state index is 0.0386. The van der Waals surface area contributed by atoms with Crippen molar-refractivity contribution in [3.63, 3.8) is 0 Å². The smallest absolute Gasteiger partial charge is 0.329 e. The number of ether oxygens (including phenoxy) is 1. The predicted molar refractivity (Wildman–Crippen MR) is 165 cm³/mol. The third kappa shape index (κ3) is 7.90. The van der Waals surface area contributed by atoms with Gasteiger partial charge in [-0.3, -0.25) is 4.79 Å². The van der Waals surface area contributed by atoms with Crippen molar-refractivity contribution in [1.29, 1.82) is 0 Å². The van der Waals surface area contributed by atoms with Gasteiger partial charge in [-0.25, -0.2) is 13.6 Å². The van der Waals surface area contributed by atoms with Gasteiger partial charge in [0.25, 0.3) is 0 Å². The maximum Gasteiger partial charge on any atom is 0.329 e. The number of amides is 1. The first kappa shape index (κ1) is 31.8. The first-order chi connectivity index (χ1) is 21.3. The first-order valence-electron chi connectivity index (χ1n) is 15.8. The van der Waals surface area contributed by atoms with Crippen LogP contribution in [0.25, 0.3) is 0 Å². The molecular weight excluding hydrogens is 562 g/mol. The van der Waals surface area contributed by atoms with E-state index in [1.807, 2.05) is 54.6 Å². The second kappa shape index (κ2) is 14.9. The molecule has 8 heteroatoms. The number of nitrogens with zero attached hydrogens (tertiary/aromatic N) is 1. The van der Waals surface area contributed by atoms with E-state index in [-0.39, 0.29) is 23.8 Å².